The van der Waals surface area contributed by atoms with E-state index in [9.17, 15) is 9.90 Å². The molecule has 1 aliphatic carbocycles. The number of fused-ring (bicyclic) bond motifs is 1. The number of rotatable bonds is 6. The third kappa shape index (κ3) is 4.87. The molecule has 0 spiro atoms. The molecule has 3 unspecified atom stereocenters. The van der Waals surface area contributed by atoms with Crippen LogP contribution in [0.25, 0.3) is 0 Å². The number of aryl methyl sites for hydroxylation is 2. The van der Waals surface area contributed by atoms with Crippen LogP contribution in [0.15, 0.2) is 36.4 Å². The molecule has 2 aromatic carbocycles. The highest BCUT2D eigenvalue weighted by atomic mass is 16.5. The largest absolute Gasteiger partial charge is 0.497 e. The van der Waals surface area contributed by atoms with Crippen LogP contribution in [0.2, 0.25) is 0 Å². The van der Waals surface area contributed by atoms with Gasteiger partial charge in [-0.05, 0) is 68.5 Å². The Hall–Kier alpha value is -2.57. The van der Waals surface area contributed by atoms with Crippen molar-refractivity contribution in [3.63, 3.8) is 0 Å². The van der Waals surface area contributed by atoms with Crippen molar-refractivity contribution >= 4 is 11.6 Å². The number of anilines is 1. The third-order valence-corrected chi connectivity index (χ3v) is 7.44. The fourth-order valence-electron chi connectivity index (χ4n) is 5.65. The molecule has 1 saturated carbocycles. The summed E-state index contributed by atoms with van der Waals surface area (Å²) < 4.78 is 11.2. The molecule has 2 aliphatic rings. The van der Waals surface area contributed by atoms with E-state index >= 15 is 0 Å². The van der Waals surface area contributed by atoms with E-state index in [4.69, 9.17) is 9.47 Å². The molecular weight excluding hydrogens is 416 g/mol. The lowest BCUT2D eigenvalue weighted by atomic mass is 9.66. The Morgan fingerprint density at radius 2 is 1.94 bits per heavy atom. The Balaban J connectivity index is 1.66. The number of hydrogen-bond donors (Lipinski definition) is 2. The quantitative estimate of drug-likeness (QED) is 0.669. The summed E-state index contributed by atoms with van der Waals surface area (Å²) in [7, 11) is 3.32. The van der Waals surface area contributed by atoms with Gasteiger partial charge in [0.25, 0.3) is 0 Å². The molecule has 1 aliphatic heterocycles. The number of aliphatic hydroxyl groups is 1. The molecule has 0 radical (unpaired) electrons. The summed E-state index contributed by atoms with van der Waals surface area (Å²) in [6.45, 7) is 4.93. The van der Waals surface area contributed by atoms with Crippen LogP contribution in [0, 0.1) is 19.8 Å². The monoisotopic (exact) mass is 452 g/mol. The van der Waals surface area contributed by atoms with E-state index < -0.39 is 5.60 Å². The fraction of sp³-hybridized carbons (Fsp3) is 0.519. The third-order valence-electron chi connectivity index (χ3n) is 7.44. The van der Waals surface area contributed by atoms with E-state index in [0.717, 1.165) is 59.6 Å². The maximum absolute atomic E-state index is 13.2. The van der Waals surface area contributed by atoms with Crippen LogP contribution in [-0.2, 0) is 4.79 Å². The molecule has 1 heterocycles. The summed E-state index contributed by atoms with van der Waals surface area (Å²) in [6, 6.07) is 11.8. The number of nitrogens with one attached hydrogen (secondary N) is 1. The van der Waals surface area contributed by atoms with Crippen LogP contribution in [0.5, 0.6) is 11.5 Å². The van der Waals surface area contributed by atoms with Gasteiger partial charge in [-0.25, -0.2) is 0 Å². The minimum Gasteiger partial charge on any atom is -0.497 e. The van der Waals surface area contributed by atoms with Crippen LogP contribution in [0.3, 0.4) is 0 Å². The molecule has 6 heteroatoms. The number of carbonyl (C=O) groups excluding carboxylic acids is 1. The summed E-state index contributed by atoms with van der Waals surface area (Å²) >= 11 is 0. The number of amides is 1. The first kappa shape index (κ1) is 23.6. The second-order valence-electron chi connectivity index (χ2n) is 9.60. The lowest BCUT2D eigenvalue weighted by Crippen LogP contribution is -2.56. The molecule has 0 bridgehead atoms. The maximum atomic E-state index is 13.2. The van der Waals surface area contributed by atoms with Crippen molar-refractivity contribution in [1.29, 1.82) is 0 Å². The number of piperidine rings is 1. The minimum absolute atomic E-state index is 0.0366. The number of carbonyl (C=O) groups is 1. The van der Waals surface area contributed by atoms with Crippen molar-refractivity contribution in [2.45, 2.75) is 57.6 Å². The van der Waals surface area contributed by atoms with E-state index in [0.29, 0.717) is 13.0 Å². The van der Waals surface area contributed by atoms with Crippen LogP contribution in [0.4, 0.5) is 5.69 Å². The fourth-order valence-corrected chi connectivity index (χ4v) is 5.65. The number of nitrogens with zero attached hydrogens (tertiary/aromatic N) is 1. The van der Waals surface area contributed by atoms with Gasteiger partial charge in [0.15, 0.2) is 0 Å². The number of ether oxygens (including phenoxy) is 2. The van der Waals surface area contributed by atoms with Gasteiger partial charge in [0.05, 0.1) is 26.4 Å². The Labute approximate surface area is 196 Å². The van der Waals surface area contributed by atoms with Gasteiger partial charge < -0.3 is 19.9 Å². The van der Waals surface area contributed by atoms with Crippen molar-refractivity contribution in [3.05, 3.63) is 53.1 Å². The zero-order valence-corrected chi connectivity index (χ0v) is 20.2. The standard InChI is InChI=1S/C27H36N2O4/c1-18-8-9-19(2)23(15-18)28-25(30)17-29-14-13-27(31)12-6-5-7-22(27)26(29)21-16-20(32-3)10-11-24(21)33-4/h8-11,15-16,22,26,31H,5-7,12-14,17H2,1-4H3,(H,28,30). The lowest BCUT2D eigenvalue weighted by molar-refractivity contribution is -0.135. The Bertz CT molecular complexity index is 1010. The summed E-state index contributed by atoms with van der Waals surface area (Å²) in [5.41, 5.74) is 3.26. The van der Waals surface area contributed by atoms with E-state index in [1.165, 1.54) is 0 Å². The van der Waals surface area contributed by atoms with Crippen molar-refractivity contribution < 1.29 is 19.4 Å². The molecule has 6 nitrogen and oxygen atoms in total. The molecular formula is C27H36N2O4. The number of methoxy groups -OCH3 is 2. The Morgan fingerprint density at radius 3 is 2.70 bits per heavy atom. The van der Waals surface area contributed by atoms with Crippen LogP contribution < -0.4 is 14.8 Å². The normalized spacial score (nSPS) is 25.2. The van der Waals surface area contributed by atoms with Gasteiger partial charge >= 0.3 is 0 Å². The number of hydrogen-bond acceptors (Lipinski definition) is 5. The van der Waals surface area contributed by atoms with Gasteiger partial charge in [-0.2, -0.15) is 0 Å². The summed E-state index contributed by atoms with van der Waals surface area (Å²) in [5, 5.41) is 14.7. The molecule has 3 atom stereocenters. The second-order valence-corrected chi connectivity index (χ2v) is 9.60. The van der Waals surface area contributed by atoms with Crippen LogP contribution >= 0.6 is 0 Å². The van der Waals surface area contributed by atoms with Crippen molar-refractivity contribution in [2.24, 2.45) is 5.92 Å². The van der Waals surface area contributed by atoms with Crippen molar-refractivity contribution in [2.75, 3.05) is 32.6 Å². The molecule has 178 valence electrons. The Kier molecular flexibility index (Phi) is 6.96. The molecule has 33 heavy (non-hydrogen) atoms. The highest BCUT2D eigenvalue weighted by Crippen LogP contribution is 2.51. The first-order valence-corrected chi connectivity index (χ1v) is 11.9. The first-order chi connectivity index (χ1) is 15.8. The molecule has 0 aromatic heterocycles. The second kappa shape index (κ2) is 9.74. The molecule has 1 amide bonds. The SMILES string of the molecule is COc1ccc(OC)c(C2C3CCCCC3(O)CCN2CC(=O)Nc2cc(C)ccc2C)c1. The topological polar surface area (TPSA) is 71.0 Å². The van der Waals surface area contributed by atoms with Crippen LogP contribution in [0.1, 0.15) is 54.8 Å². The van der Waals surface area contributed by atoms with Gasteiger partial charge in [0.2, 0.25) is 5.91 Å². The van der Waals surface area contributed by atoms with Crippen LogP contribution in [-0.4, -0.2) is 48.8 Å². The molecule has 4 rings (SSSR count). The van der Waals surface area contributed by atoms with Crippen molar-refractivity contribution in [1.82, 2.24) is 4.90 Å². The predicted octanol–water partition coefficient (Wildman–Crippen LogP) is 4.63. The number of benzene rings is 2. The summed E-state index contributed by atoms with van der Waals surface area (Å²) in [5.74, 6) is 1.50. The number of likely N-dealkylation sites (tertiary alicyclic amines) is 1. The maximum Gasteiger partial charge on any atom is 0.238 e. The van der Waals surface area contributed by atoms with Gasteiger partial charge in [-0.15, -0.1) is 0 Å². The first-order valence-electron chi connectivity index (χ1n) is 11.9. The molecule has 1 saturated heterocycles. The Morgan fingerprint density at radius 1 is 1.12 bits per heavy atom. The lowest BCUT2D eigenvalue weighted by Gasteiger charge is -2.52. The molecule has 2 aromatic rings. The minimum atomic E-state index is -0.711. The highest BCUT2D eigenvalue weighted by molar-refractivity contribution is 5.93. The van der Waals surface area contributed by atoms with E-state index in [2.05, 4.69) is 10.2 Å². The molecule has 2 fully saturated rings. The zero-order chi connectivity index (χ0) is 23.6. The van der Waals surface area contributed by atoms with E-state index in [-0.39, 0.29) is 24.4 Å². The average Bonchev–Trinajstić information content (AvgIpc) is 2.81. The summed E-state index contributed by atoms with van der Waals surface area (Å²) in [4.78, 5) is 15.4. The smallest absolute Gasteiger partial charge is 0.238 e. The molecule has 2 N–H and O–H groups in total. The van der Waals surface area contributed by atoms with Gasteiger partial charge in [0, 0.05) is 29.8 Å². The van der Waals surface area contributed by atoms with Gasteiger partial charge in [-0.1, -0.05) is 25.0 Å². The summed E-state index contributed by atoms with van der Waals surface area (Å²) in [6.07, 6.45) is 4.54. The van der Waals surface area contributed by atoms with Gasteiger partial charge in [0.1, 0.15) is 11.5 Å². The predicted molar refractivity (Wildman–Crippen MR) is 130 cm³/mol. The van der Waals surface area contributed by atoms with E-state index in [1.807, 2.05) is 50.2 Å². The zero-order valence-electron chi connectivity index (χ0n) is 20.2. The van der Waals surface area contributed by atoms with Gasteiger partial charge in [-0.3, -0.25) is 9.69 Å². The average molecular weight is 453 g/mol. The van der Waals surface area contributed by atoms with Crippen molar-refractivity contribution in [3.8, 4) is 11.5 Å². The highest BCUT2D eigenvalue weighted by Gasteiger charge is 2.50. The van der Waals surface area contributed by atoms with E-state index in [1.54, 1.807) is 14.2 Å².